The first kappa shape index (κ1) is 25.5. The van der Waals surface area contributed by atoms with Crippen LogP contribution in [-0.2, 0) is 24.8 Å². The smallest absolute Gasteiger partial charge is 0.337 e. The molecule has 3 aromatic rings. The first-order valence-electron chi connectivity index (χ1n) is 10.9. The van der Waals surface area contributed by atoms with Crippen LogP contribution in [0.5, 0.6) is 0 Å². The van der Waals surface area contributed by atoms with Gasteiger partial charge in [0.25, 0.3) is 0 Å². The molecular weight excluding hydrogens is 506 g/mol. The predicted molar refractivity (Wildman–Crippen MR) is 131 cm³/mol. The molecule has 1 heterocycles. The van der Waals surface area contributed by atoms with Gasteiger partial charge in [-0.15, -0.1) is 0 Å². The number of amides is 1. The van der Waals surface area contributed by atoms with Crippen LogP contribution in [0, 0.1) is 0 Å². The van der Waals surface area contributed by atoms with E-state index in [0.29, 0.717) is 0 Å². The molecule has 3 aromatic carbocycles. The lowest BCUT2D eigenvalue weighted by Gasteiger charge is -2.39. The highest BCUT2D eigenvalue weighted by molar-refractivity contribution is 7.89. The molecule has 0 radical (unpaired) electrons. The maximum atomic E-state index is 13.4. The summed E-state index contributed by atoms with van der Waals surface area (Å²) in [5.74, 6) is -2.13. The summed E-state index contributed by atoms with van der Waals surface area (Å²) in [6.45, 7) is -0.898. The molecule has 2 N–H and O–H groups in total. The van der Waals surface area contributed by atoms with Crippen LogP contribution in [0.2, 0.25) is 0 Å². The predicted octanol–water partition coefficient (Wildman–Crippen LogP) is 2.09. The van der Waals surface area contributed by atoms with E-state index < -0.39 is 44.5 Å². The number of carbonyl (C=O) groups is 2. The number of para-hydroxylation sites is 1. The average Bonchev–Trinajstić information content (AvgIpc) is 2.89. The van der Waals surface area contributed by atoms with Crippen LogP contribution in [0.3, 0.4) is 0 Å². The Bertz CT molecular complexity index is 1480. The highest BCUT2D eigenvalue weighted by Gasteiger charge is 2.43. The summed E-state index contributed by atoms with van der Waals surface area (Å²) in [6, 6.07) is 19.4. The molecule has 1 atom stereocenters. The number of sulfonamides is 2. The van der Waals surface area contributed by atoms with Gasteiger partial charge in [-0.05, 0) is 36.4 Å². The second-order valence-electron chi connectivity index (χ2n) is 7.96. The van der Waals surface area contributed by atoms with Crippen LogP contribution in [0.4, 0.5) is 5.69 Å². The number of anilines is 1. The van der Waals surface area contributed by atoms with Crippen LogP contribution in [0.25, 0.3) is 0 Å². The SMILES string of the molecule is O=C(O)c1ccccc1NC(=O)[C@H]1CN(S(=O)(=O)c2ccccc2)CCN1S(=O)(=O)c1ccccc1. The van der Waals surface area contributed by atoms with Gasteiger partial charge in [-0.25, -0.2) is 21.6 Å². The zero-order chi connectivity index (χ0) is 25.9. The Kier molecular flexibility index (Phi) is 7.22. The zero-order valence-corrected chi connectivity index (χ0v) is 20.5. The van der Waals surface area contributed by atoms with E-state index in [1.807, 2.05) is 0 Å². The molecule has 0 aliphatic carbocycles. The number of carbonyl (C=O) groups excluding carboxylic acids is 1. The Labute approximate surface area is 208 Å². The van der Waals surface area contributed by atoms with E-state index >= 15 is 0 Å². The molecule has 10 nitrogen and oxygen atoms in total. The van der Waals surface area contributed by atoms with E-state index in [1.54, 1.807) is 36.4 Å². The normalized spacial score (nSPS) is 17.4. The molecule has 12 heteroatoms. The fourth-order valence-electron chi connectivity index (χ4n) is 3.92. The summed E-state index contributed by atoms with van der Waals surface area (Å²) in [6.07, 6.45) is 0. The van der Waals surface area contributed by atoms with E-state index in [4.69, 9.17) is 0 Å². The van der Waals surface area contributed by atoms with Crippen molar-refractivity contribution in [1.82, 2.24) is 8.61 Å². The maximum Gasteiger partial charge on any atom is 0.337 e. The lowest BCUT2D eigenvalue weighted by molar-refractivity contribution is -0.120. The van der Waals surface area contributed by atoms with Crippen LogP contribution in [0.15, 0.2) is 94.7 Å². The standard InChI is InChI=1S/C24H23N3O7S2/c28-23(25-21-14-8-7-13-20(21)24(29)30)22-17-26(35(31,32)18-9-3-1-4-10-18)15-16-27(22)36(33,34)19-11-5-2-6-12-19/h1-14,22H,15-17H2,(H,25,28)(H,29,30)/t22-/m1/s1. The van der Waals surface area contributed by atoms with Crippen molar-refractivity contribution in [3.05, 3.63) is 90.5 Å². The minimum Gasteiger partial charge on any atom is -0.478 e. The van der Waals surface area contributed by atoms with Crippen LogP contribution < -0.4 is 5.32 Å². The van der Waals surface area contributed by atoms with E-state index in [1.165, 1.54) is 48.5 Å². The van der Waals surface area contributed by atoms with Crippen LogP contribution >= 0.6 is 0 Å². The molecule has 188 valence electrons. The fraction of sp³-hybridized carbons (Fsp3) is 0.167. The number of piperazine rings is 1. The number of nitrogens with zero attached hydrogens (tertiary/aromatic N) is 2. The van der Waals surface area contributed by atoms with Crippen LogP contribution in [-0.4, -0.2) is 68.1 Å². The van der Waals surface area contributed by atoms with Gasteiger partial charge in [0.1, 0.15) is 6.04 Å². The van der Waals surface area contributed by atoms with Crippen molar-refractivity contribution in [2.24, 2.45) is 0 Å². The molecule has 0 spiro atoms. The Balaban J connectivity index is 1.71. The van der Waals surface area contributed by atoms with Crippen molar-refractivity contribution < 1.29 is 31.5 Å². The molecule has 0 saturated carbocycles. The van der Waals surface area contributed by atoms with Gasteiger partial charge < -0.3 is 10.4 Å². The van der Waals surface area contributed by atoms with Crippen molar-refractivity contribution in [2.45, 2.75) is 15.8 Å². The summed E-state index contributed by atoms with van der Waals surface area (Å²) in [4.78, 5) is 25.0. The third-order valence-electron chi connectivity index (χ3n) is 5.74. The van der Waals surface area contributed by atoms with E-state index in [9.17, 15) is 31.5 Å². The number of nitrogens with one attached hydrogen (secondary N) is 1. The van der Waals surface area contributed by atoms with E-state index in [2.05, 4.69) is 5.32 Å². The number of carboxylic acids is 1. The largest absolute Gasteiger partial charge is 0.478 e. The lowest BCUT2D eigenvalue weighted by Crippen LogP contribution is -2.60. The lowest BCUT2D eigenvalue weighted by atomic mass is 10.1. The third kappa shape index (κ3) is 5.02. The summed E-state index contributed by atoms with van der Waals surface area (Å²) >= 11 is 0. The van der Waals surface area contributed by atoms with Gasteiger partial charge in [0.15, 0.2) is 0 Å². The molecule has 4 rings (SSSR count). The molecule has 1 aliphatic rings. The second-order valence-corrected chi connectivity index (χ2v) is 11.8. The van der Waals surface area contributed by atoms with Crippen molar-refractivity contribution in [3.63, 3.8) is 0 Å². The van der Waals surface area contributed by atoms with Gasteiger partial charge in [-0.3, -0.25) is 4.79 Å². The average molecular weight is 530 g/mol. The highest BCUT2D eigenvalue weighted by atomic mass is 32.2. The number of carboxylic acid groups (broad SMARTS) is 1. The number of hydrogen-bond acceptors (Lipinski definition) is 6. The number of hydrogen-bond donors (Lipinski definition) is 2. The Morgan fingerprint density at radius 1 is 0.750 bits per heavy atom. The minimum absolute atomic E-state index is 0.0137. The molecule has 1 amide bonds. The molecule has 1 fully saturated rings. The van der Waals surface area contributed by atoms with Crippen LogP contribution in [0.1, 0.15) is 10.4 Å². The van der Waals surface area contributed by atoms with Crippen molar-refractivity contribution in [3.8, 4) is 0 Å². The Morgan fingerprint density at radius 3 is 1.86 bits per heavy atom. The summed E-state index contributed by atoms with van der Waals surface area (Å²) < 4.78 is 55.4. The Morgan fingerprint density at radius 2 is 1.28 bits per heavy atom. The summed E-state index contributed by atoms with van der Waals surface area (Å²) in [5.41, 5.74) is -0.219. The molecule has 1 aliphatic heterocycles. The molecule has 0 bridgehead atoms. The molecule has 0 aromatic heterocycles. The quantitative estimate of drug-likeness (QED) is 0.477. The third-order valence-corrected chi connectivity index (χ3v) is 9.54. The van der Waals surface area contributed by atoms with Gasteiger partial charge >= 0.3 is 5.97 Å². The van der Waals surface area contributed by atoms with Crippen molar-refractivity contribution >= 4 is 37.6 Å². The van der Waals surface area contributed by atoms with Crippen molar-refractivity contribution in [2.75, 3.05) is 25.0 Å². The molecule has 1 saturated heterocycles. The number of rotatable bonds is 7. The molecule has 0 unspecified atom stereocenters. The zero-order valence-electron chi connectivity index (χ0n) is 18.9. The highest BCUT2D eigenvalue weighted by Crippen LogP contribution is 2.26. The molecular formula is C24H23N3O7S2. The maximum absolute atomic E-state index is 13.4. The summed E-state index contributed by atoms with van der Waals surface area (Å²) in [7, 11) is -8.19. The fourth-order valence-corrected chi connectivity index (χ4v) is 6.97. The van der Waals surface area contributed by atoms with E-state index in [-0.39, 0.29) is 34.1 Å². The monoisotopic (exact) mass is 529 g/mol. The Hall–Kier alpha value is -3.58. The van der Waals surface area contributed by atoms with Crippen molar-refractivity contribution in [1.29, 1.82) is 0 Å². The first-order chi connectivity index (χ1) is 17.1. The number of benzene rings is 3. The first-order valence-corrected chi connectivity index (χ1v) is 13.8. The second kappa shape index (κ2) is 10.2. The van der Waals surface area contributed by atoms with Gasteiger partial charge in [0.2, 0.25) is 26.0 Å². The van der Waals surface area contributed by atoms with E-state index in [0.717, 1.165) is 8.61 Å². The summed E-state index contributed by atoms with van der Waals surface area (Å²) in [5, 5.41) is 11.9. The number of aromatic carboxylic acids is 1. The van der Waals surface area contributed by atoms with Gasteiger partial charge in [0.05, 0.1) is 21.0 Å². The topological polar surface area (TPSA) is 141 Å². The van der Waals surface area contributed by atoms with Gasteiger partial charge in [-0.2, -0.15) is 8.61 Å². The minimum atomic E-state index is -4.17. The molecule has 36 heavy (non-hydrogen) atoms. The van der Waals surface area contributed by atoms with Gasteiger partial charge in [-0.1, -0.05) is 48.5 Å². The van der Waals surface area contributed by atoms with Gasteiger partial charge in [0, 0.05) is 19.6 Å².